The van der Waals surface area contributed by atoms with E-state index in [-0.39, 0.29) is 0 Å². The molecule has 1 unspecified atom stereocenters. The average molecular weight is 253 g/mol. The van der Waals surface area contributed by atoms with Crippen LogP contribution in [0.25, 0.3) is 0 Å². The molecule has 0 aromatic heterocycles. The minimum atomic E-state index is 0.590. The summed E-state index contributed by atoms with van der Waals surface area (Å²) in [5.41, 5.74) is 2.36. The van der Waals surface area contributed by atoms with E-state index in [4.69, 9.17) is 11.6 Å². The fraction of sp³-hybridized carbons (Fsp3) is 0.571. The first-order valence-electron chi connectivity index (χ1n) is 6.35. The highest BCUT2D eigenvalue weighted by Gasteiger charge is 2.30. The van der Waals surface area contributed by atoms with Gasteiger partial charge in [0.05, 0.1) is 11.4 Å². The van der Waals surface area contributed by atoms with Gasteiger partial charge in [-0.05, 0) is 43.4 Å². The molecule has 0 spiro atoms. The van der Waals surface area contributed by atoms with Gasteiger partial charge in [-0.15, -0.1) is 0 Å². The number of nitrogens with one attached hydrogen (secondary N) is 1. The fourth-order valence-corrected chi connectivity index (χ4v) is 2.44. The molecular formula is C14H21ClN2. The quantitative estimate of drug-likeness (QED) is 0.852. The number of anilines is 2. The molecule has 94 valence electrons. The molecule has 0 bridgehead atoms. The number of benzene rings is 1. The van der Waals surface area contributed by atoms with E-state index in [0.29, 0.717) is 6.04 Å². The van der Waals surface area contributed by atoms with Gasteiger partial charge in [-0.25, -0.2) is 0 Å². The van der Waals surface area contributed by atoms with Crippen LogP contribution in [0.15, 0.2) is 18.2 Å². The topological polar surface area (TPSA) is 15.3 Å². The van der Waals surface area contributed by atoms with Crippen molar-refractivity contribution in [3.63, 3.8) is 0 Å². The Hall–Kier alpha value is -0.890. The maximum Gasteiger partial charge on any atom is 0.0597 e. The van der Waals surface area contributed by atoms with Gasteiger partial charge in [0.1, 0.15) is 0 Å². The molecule has 3 heteroatoms. The summed E-state index contributed by atoms with van der Waals surface area (Å²) >= 11 is 6.08. The first-order valence-corrected chi connectivity index (χ1v) is 6.73. The highest BCUT2D eigenvalue weighted by Crippen LogP contribution is 2.37. The Morgan fingerprint density at radius 2 is 2.12 bits per heavy atom. The Morgan fingerprint density at radius 1 is 1.41 bits per heavy atom. The van der Waals surface area contributed by atoms with Crippen molar-refractivity contribution in [1.29, 1.82) is 0 Å². The first kappa shape index (κ1) is 12.6. The number of halogens is 1. The van der Waals surface area contributed by atoms with Crippen LogP contribution in [0.5, 0.6) is 0 Å². The third-order valence-electron chi connectivity index (χ3n) is 3.41. The van der Waals surface area contributed by atoms with Gasteiger partial charge in [-0.2, -0.15) is 0 Å². The normalized spacial score (nSPS) is 16.7. The molecule has 1 aliphatic rings. The zero-order valence-electron chi connectivity index (χ0n) is 10.8. The largest absolute Gasteiger partial charge is 0.380 e. The summed E-state index contributed by atoms with van der Waals surface area (Å²) in [6.45, 7) is 2.25. The number of rotatable bonds is 5. The summed E-state index contributed by atoms with van der Waals surface area (Å²) in [6, 6.07) is 6.64. The van der Waals surface area contributed by atoms with Gasteiger partial charge in [-0.3, -0.25) is 0 Å². The van der Waals surface area contributed by atoms with E-state index >= 15 is 0 Å². The first-order chi connectivity index (χ1) is 8.11. The summed E-state index contributed by atoms with van der Waals surface area (Å²) < 4.78 is 0. The second-order valence-corrected chi connectivity index (χ2v) is 5.49. The smallest absolute Gasteiger partial charge is 0.0597 e. The molecule has 0 amide bonds. The van der Waals surface area contributed by atoms with Crippen LogP contribution in [0.1, 0.15) is 26.2 Å². The third kappa shape index (κ3) is 3.06. The fourth-order valence-electron chi connectivity index (χ4n) is 2.27. The maximum absolute atomic E-state index is 6.08. The van der Waals surface area contributed by atoms with Crippen LogP contribution >= 0.6 is 11.6 Å². The zero-order valence-corrected chi connectivity index (χ0v) is 11.6. The standard InChI is InChI=1S/C14H21ClN2/c1-4-12(10-5-6-10)16-13-9-11(15)7-8-14(13)17(2)3/h7-10,12,16H,4-6H2,1-3H3. The summed E-state index contributed by atoms with van der Waals surface area (Å²) in [5, 5.41) is 4.45. The maximum atomic E-state index is 6.08. The molecular weight excluding hydrogens is 232 g/mol. The third-order valence-corrected chi connectivity index (χ3v) is 3.65. The lowest BCUT2D eigenvalue weighted by Crippen LogP contribution is -2.22. The minimum Gasteiger partial charge on any atom is -0.380 e. The monoisotopic (exact) mass is 252 g/mol. The Kier molecular flexibility index (Phi) is 3.82. The van der Waals surface area contributed by atoms with E-state index < -0.39 is 0 Å². The number of hydrogen-bond acceptors (Lipinski definition) is 2. The lowest BCUT2D eigenvalue weighted by molar-refractivity contribution is 0.616. The molecule has 1 atom stereocenters. The summed E-state index contributed by atoms with van der Waals surface area (Å²) in [5.74, 6) is 0.856. The number of nitrogens with zero attached hydrogens (tertiary/aromatic N) is 1. The molecule has 1 aromatic rings. The van der Waals surface area contributed by atoms with Gasteiger partial charge in [-0.1, -0.05) is 18.5 Å². The van der Waals surface area contributed by atoms with Gasteiger partial charge >= 0.3 is 0 Å². The van der Waals surface area contributed by atoms with Gasteiger partial charge < -0.3 is 10.2 Å². The molecule has 0 saturated heterocycles. The highest BCUT2D eigenvalue weighted by molar-refractivity contribution is 6.31. The van der Waals surface area contributed by atoms with Crippen LogP contribution in [0.4, 0.5) is 11.4 Å². The second-order valence-electron chi connectivity index (χ2n) is 5.05. The van der Waals surface area contributed by atoms with Gasteiger partial charge in [0.25, 0.3) is 0 Å². The van der Waals surface area contributed by atoms with E-state index in [1.54, 1.807) is 0 Å². The van der Waals surface area contributed by atoms with E-state index in [1.165, 1.54) is 24.9 Å². The van der Waals surface area contributed by atoms with Crippen molar-refractivity contribution in [2.24, 2.45) is 5.92 Å². The summed E-state index contributed by atoms with van der Waals surface area (Å²) in [6.07, 6.45) is 3.90. The van der Waals surface area contributed by atoms with Gasteiger partial charge in [0.2, 0.25) is 0 Å². The van der Waals surface area contributed by atoms with E-state index in [1.807, 2.05) is 12.1 Å². The van der Waals surface area contributed by atoms with Crippen LogP contribution in [0.3, 0.4) is 0 Å². The lowest BCUT2D eigenvalue weighted by atomic mass is 10.1. The number of hydrogen-bond donors (Lipinski definition) is 1. The molecule has 17 heavy (non-hydrogen) atoms. The van der Waals surface area contributed by atoms with E-state index in [0.717, 1.165) is 16.6 Å². The van der Waals surface area contributed by atoms with E-state index in [2.05, 4.69) is 37.3 Å². The highest BCUT2D eigenvalue weighted by atomic mass is 35.5. The molecule has 0 aliphatic heterocycles. The SMILES string of the molecule is CCC(Nc1cc(Cl)ccc1N(C)C)C1CC1. The molecule has 2 nitrogen and oxygen atoms in total. The summed E-state index contributed by atoms with van der Waals surface area (Å²) in [7, 11) is 4.12. The van der Waals surface area contributed by atoms with Crippen molar-refractivity contribution >= 4 is 23.0 Å². The van der Waals surface area contributed by atoms with Crippen LogP contribution in [-0.2, 0) is 0 Å². The Labute approximate surface area is 109 Å². The van der Waals surface area contributed by atoms with Crippen LogP contribution in [0, 0.1) is 5.92 Å². The van der Waals surface area contributed by atoms with Crippen LogP contribution < -0.4 is 10.2 Å². The van der Waals surface area contributed by atoms with Crippen LogP contribution in [0.2, 0.25) is 5.02 Å². The Bertz CT molecular complexity index is 386. The second kappa shape index (κ2) is 5.18. The molecule has 1 N–H and O–H groups in total. The van der Waals surface area contributed by atoms with Crippen molar-refractivity contribution in [2.45, 2.75) is 32.2 Å². The average Bonchev–Trinajstić information content (AvgIpc) is 3.09. The van der Waals surface area contributed by atoms with Crippen molar-refractivity contribution < 1.29 is 0 Å². The minimum absolute atomic E-state index is 0.590. The molecule has 1 fully saturated rings. The Balaban J connectivity index is 2.19. The molecule has 2 rings (SSSR count). The Morgan fingerprint density at radius 3 is 2.65 bits per heavy atom. The predicted octanol–water partition coefficient (Wildman–Crippen LogP) is 4.01. The van der Waals surface area contributed by atoms with Crippen LogP contribution in [-0.4, -0.2) is 20.1 Å². The van der Waals surface area contributed by atoms with Crippen molar-refractivity contribution in [3.8, 4) is 0 Å². The molecule has 0 heterocycles. The molecule has 1 aromatic carbocycles. The van der Waals surface area contributed by atoms with E-state index in [9.17, 15) is 0 Å². The molecule has 0 radical (unpaired) electrons. The zero-order chi connectivity index (χ0) is 12.4. The van der Waals surface area contributed by atoms with Crippen molar-refractivity contribution in [2.75, 3.05) is 24.3 Å². The predicted molar refractivity (Wildman–Crippen MR) is 76.2 cm³/mol. The molecule has 1 saturated carbocycles. The van der Waals surface area contributed by atoms with Crippen molar-refractivity contribution in [3.05, 3.63) is 23.2 Å². The lowest BCUT2D eigenvalue weighted by Gasteiger charge is -2.23. The molecule has 1 aliphatic carbocycles. The van der Waals surface area contributed by atoms with Gasteiger partial charge in [0.15, 0.2) is 0 Å². The van der Waals surface area contributed by atoms with Gasteiger partial charge in [0, 0.05) is 25.2 Å². The summed E-state index contributed by atoms with van der Waals surface area (Å²) in [4.78, 5) is 2.12. The van der Waals surface area contributed by atoms with Crippen molar-refractivity contribution in [1.82, 2.24) is 0 Å².